The Morgan fingerprint density at radius 3 is 1.35 bits per heavy atom. The Kier molecular flexibility index (Phi) is 23.4. The van der Waals surface area contributed by atoms with Gasteiger partial charge >= 0.3 is 24.4 Å². The Bertz CT molecular complexity index is 4470. The van der Waals surface area contributed by atoms with E-state index in [1.165, 1.54) is 28.1 Å². The summed E-state index contributed by atoms with van der Waals surface area (Å²) in [6, 6.07) is 6.03. The number of carbonyl (C=O) groups is 4. The Labute approximate surface area is 651 Å². The molecular weight excluding hydrogens is 1420 g/mol. The molecule has 8 fully saturated rings. The predicted molar refractivity (Wildman–Crippen MR) is 425 cm³/mol. The molecule has 0 atom stereocenters. The number of hydrogen-bond donors (Lipinski definition) is 5. The van der Waals surface area contributed by atoms with Crippen molar-refractivity contribution >= 4 is 62.0 Å². The van der Waals surface area contributed by atoms with E-state index in [1.54, 1.807) is 6.20 Å². The molecule has 4 amide bonds. The van der Waals surface area contributed by atoms with Crippen LogP contribution in [0.25, 0.3) is 21.8 Å². The number of nitrogens with one attached hydrogen (secondary N) is 5. The van der Waals surface area contributed by atoms with Gasteiger partial charge in [-0.15, -0.1) is 0 Å². The van der Waals surface area contributed by atoms with Crippen molar-refractivity contribution in [2.45, 2.75) is 330 Å². The van der Waals surface area contributed by atoms with Crippen LogP contribution in [0.5, 0.6) is 0 Å². The first kappa shape index (κ1) is 83.2. The summed E-state index contributed by atoms with van der Waals surface area (Å²) in [6.07, 6.45) is 32.2. The van der Waals surface area contributed by atoms with Crippen molar-refractivity contribution in [1.29, 1.82) is 0 Å². The van der Waals surface area contributed by atoms with Crippen LogP contribution in [0, 0.1) is 42.4 Å². The number of carbonyl (C=O) groups excluding carboxylic acids is 4. The molecule has 6 aromatic heterocycles. The zero-order chi connectivity index (χ0) is 78.7. The zero-order valence-electron chi connectivity index (χ0n) is 67.9. The molecule has 26 nitrogen and oxygen atoms in total. The van der Waals surface area contributed by atoms with Crippen LogP contribution < -0.4 is 26.6 Å². The summed E-state index contributed by atoms with van der Waals surface area (Å²) in [4.78, 5) is 65.6. The molecule has 8 saturated carbocycles. The predicted octanol–water partition coefficient (Wildman–Crippen LogP) is 15.2. The molecule has 8 bridgehead atoms. The van der Waals surface area contributed by atoms with Crippen molar-refractivity contribution in [3.05, 3.63) is 94.8 Å². The monoisotopic (exact) mass is 1540 g/mol. The lowest BCUT2D eigenvalue weighted by atomic mass is 9.84. The van der Waals surface area contributed by atoms with E-state index in [-0.39, 0.29) is 76.1 Å². The highest BCUT2D eigenvalue weighted by atomic mass is 32.2. The molecule has 0 aromatic carbocycles. The van der Waals surface area contributed by atoms with Crippen molar-refractivity contribution < 1.29 is 50.7 Å². The zero-order valence-corrected chi connectivity index (χ0v) is 68.7. The molecule has 0 saturated heterocycles. The standard InChI is InChI=1S/C20H28N4O2.C20H32N4O2.C20H28N4O2.C14H25NO5S.C8H8N2.CH4/c1-14-15-11-21-10-5-16(15)23-24(14)13-19-6-8-20(12-19,9-7-19)22-17(25)26-18(2,3)4;2*1-14-15-11-21-10-5-16(15)24(23-14)13-19-6-8-20(12-19,9-7-19)22-17(25)26-18(2,3)4;1-12(2,3)20-11(16)15-14-7-5-13(9-14,6-8-14)10-19-21(4,17)18;1-6-8-5-9-3-2-7(8)4-10-6;/h5,10-11H,6-9,12-13H2,1-4H3,(H,22,25);21H,5-13H2,1-4H3,(H,22,25);5,10-11H,6-9,12-13H2,1-4H3,(H,22,25);5-10H2,1-4H3,(H,15,16);2-3,5H,4H2,1H3;1H4. The number of hydrogen-bond acceptors (Lipinski definition) is 19. The number of nitrogens with zero attached hydrogens (tertiary/aromatic N) is 10. The topological polar surface area (TPSA) is 313 Å². The quantitative estimate of drug-likeness (QED) is 0.0530. The maximum Gasteiger partial charge on any atom is 0.408 e. The molecule has 16 rings (SSSR count). The summed E-state index contributed by atoms with van der Waals surface area (Å²) in [6.45, 7) is 36.8. The van der Waals surface area contributed by atoms with Crippen LogP contribution in [0.4, 0.5) is 19.2 Å². The fourth-order valence-corrected chi connectivity index (χ4v) is 20.0. The van der Waals surface area contributed by atoms with E-state index in [0.717, 1.165) is 219 Å². The van der Waals surface area contributed by atoms with Gasteiger partial charge in [-0.2, -0.15) is 23.7 Å². The average Bonchev–Trinajstić information content (AvgIpc) is 1.61. The number of aromatic nitrogens is 9. The van der Waals surface area contributed by atoms with E-state index in [2.05, 4.69) is 74.4 Å². The van der Waals surface area contributed by atoms with Gasteiger partial charge < -0.3 is 45.5 Å². The molecule has 10 aliphatic rings. The summed E-state index contributed by atoms with van der Waals surface area (Å²) in [5.74, 6) is 0. The van der Waals surface area contributed by atoms with Crippen molar-refractivity contribution in [1.82, 2.24) is 70.9 Å². The number of amides is 4. The fraction of sp³-hybridized carbons (Fsp3) is 0.699. The van der Waals surface area contributed by atoms with Crippen molar-refractivity contribution in [2.75, 3.05) is 19.4 Å². The van der Waals surface area contributed by atoms with Crippen molar-refractivity contribution in [3.8, 4) is 0 Å². The minimum atomic E-state index is -3.42. The van der Waals surface area contributed by atoms with Gasteiger partial charge in [0, 0.05) is 137 Å². The molecule has 0 radical (unpaired) electrons. The van der Waals surface area contributed by atoms with Crippen LogP contribution in [0.15, 0.2) is 60.4 Å². The van der Waals surface area contributed by atoms with Gasteiger partial charge in [-0.25, -0.2) is 19.2 Å². The molecule has 2 aliphatic heterocycles. The third kappa shape index (κ3) is 19.8. The summed E-state index contributed by atoms with van der Waals surface area (Å²) in [7, 11) is -3.42. The lowest BCUT2D eigenvalue weighted by Crippen LogP contribution is -2.47. The summed E-state index contributed by atoms with van der Waals surface area (Å²) in [5.41, 5.74) is 10.1. The summed E-state index contributed by atoms with van der Waals surface area (Å²) < 4.78 is 55.7. The molecule has 604 valence electrons. The molecule has 5 N–H and O–H groups in total. The minimum Gasteiger partial charge on any atom is -0.444 e. The van der Waals surface area contributed by atoms with Crippen LogP contribution in [0.2, 0.25) is 0 Å². The number of pyridine rings is 3. The van der Waals surface area contributed by atoms with E-state index in [9.17, 15) is 27.6 Å². The van der Waals surface area contributed by atoms with E-state index in [0.29, 0.717) is 0 Å². The van der Waals surface area contributed by atoms with Crippen molar-refractivity contribution in [3.63, 3.8) is 0 Å². The first-order valence-corrected chi connectivity index (χ1v) is 41.3. The maximum atomic E-state index is 12.3. The summed E-state index contributed by atoms with van der Waals surface area (Å²) >= 11 is 0. The van der Waals surface area contributed by atoms with Gasteiger partial charge in [-0.05, 0) is 285 Å². The number of aliphatic imine (C=N–C) groups is 1. The number of aryl methyl sites for hydroxylation is 3. The second kappa shape index (κ2) is 31.0. The number of rotatable bonds is 13. The van der Waals surface area contributed by atoms with E-state index in [4.69, 9.17) is 38.4 Å². The molecule has 0 spiro atoms. The van der Waals surface area contributed by atoms with Crippen LogP contribution in [-0.4, -0.2) is 147 Å². The fourth-order valence-electron chi connectivity index (χ4n) is 19.6. The molecule has 110 heavy (non-hydrogen) atoms. The van der Waals surface area contributed by atoms with Gasteiger partial charge in [0.25, 0.3) is 10.1 Å². The van der Waals surface area contributed by atoms with Gasteiger partial charge in [-0.3, -0.25) is 38.2 Å². The van der Waals surface area contributed by atoms with Crippen molar-refractivity contribution in [2.24, 2.45) is 26.7 Å². The molecular formula is C83H125N15O11S. The van der Waals surface area contributed by atoms with Gasteiger partial charge in [0.1, 0.15) is 22.4 Å². The number of alkyl carbamates (subject to hydrolysis) is 4. The van der Waals surface area contributed by atoms with E-state index in [1.807, 2.05) is 146 Å². The van der Waals surface area contributed by atoms with Crippen LogP contribution in [0.3, 0.4) is 0 Å². The lowest BCUT2D eigenvalue weighted by molar-refractivity contribution is 0.0445. The number of ether oxygens (including phenoxy) is 4. The largest absolute Gasteiger partial charge is 0.444 e. The molecule has 8 aliphatic carbocycles. The highest BCUT2D eigenvalue weighted by Crippen LogP contribution is 2.61. The lowest BCUT2D eigenvalue weighted by Gasteiger charge is -2.30. The summed E-state index contributed by atoms with van der Waals surface area (Å²) in [5, 5.41) is 32.7. The van der Waals surface area contributed by atoms with Gasteiger partial charge in [0.2, 0.25) is 0 Å². The highest BCUT2D eigenvalue weighted by molar-refractivity contribution is 7.86. The highest BCUT2D eigenvalue weighted by Gasteiger charge is 2.59. The minimum absolute atomic E-state index is 0. The third-order valence-electron chi connectivity index (χ3n) is 24.6. The smallest absolute Gasteiger partial charge is 0.408 e. The second-order valence-corrected chi connectivity index (χ2v) is 39.7. The molecule has 0 unspecified atom stereocenters. The maximum absolute atomic E-state index is 12.3. The van der Waals surface area contributed by atoms with E-state index >= 15 is 0 Å². The average molecular weight is 1540 g/mol. The Morgan fingerprint density at radius 1 is 0.500 bits per heavy atom. The van der Waals surface area contributed by atoms with Gasteiger partial charge in [-0.1, -0.05) is 7.43 Å². The van der Waals surface area contributed by atoms with Crippen LogP contribution >= 0.6 is 0 Å². The van der Waals surface area contributed by atoms with Crippen LogP contribution in [-0.2, 0) is 72.4 Å². The third-order valence-corrected chi connectivity index (χ3v) is 25.1. The first-order valence-electron chi connectivity index (χ1n) is 39.5. The second-order valence-electron chi connectivity index (χ2n) is 38.1. The molecule has 6 aromatic rings. The number of fused-ring (bicyclic) bond motifs is 12. The van der Waals surface area contributed by atoms with Crippen LogP contribution in [0.1, 0.15) is 265 Å². The first-order chi connectivity index (χ1) is 50.9. The SMILES string of the molecule is C.CC(C)(C)OC(=O)NC12CCC(COS(C)(=O)=O)(CC1)C2.CC1=NCc2ccncc21.Cc1c2cnccc2nn1CC12CCC(NC(=O)OC(C)(C)C)(CC1)C2.Cc1nn(CC23CCC(NC(=O)OC(C)(C)C)(CC2)C3)c2c1CNCC2.Cc1nn(CC23CCC(NC(=O)OC(C)(C)C)(CC2)C3)c2ccncc12. The van der Waals surface area contributed by atoms with Gasteiger partial charge in [0.05, 0.1) is 41.8 Å². The van der Waals surface area contributed by atoms with E-state index < -0.39 is 38.6 Å². The Balaban J connectivity index is 0.000000139. The Hall–Kier alpha value is -7.78. The molecule has 27 heteroatoms. The molecule has 8 heterocycles. The normalized spacial score (nSPS) is 27.8. The Morgan fingerprint density at radius 2 is 0.900 bits per heavy atom. The van der Waals surface area contributed by atoms with Gasteiger partial charge in [0.15, 0.2) is 0 Å².